The number of benzene rings is 2. The van der Waals surface area contributed by atoms with Crippen molar-refractivity contribution in [2.75, 3.05) is 11.9 Å². The van der Waals surface area contributed by atoms with E-state index in [2.05, 4.69) is 6.07 Å². The van der Waals surface area contributed by atoms with Gasteiger partial charge in [0.2, 0.25) is 0 Å². The van der Waals surface area contributed by atoms with Crippen LogP contribution < -0.4 is 4.90 Å². The first kappa shape index (κ1) is 13.6. The predicted molar refractivity (Wildman–Crippen MR) is 74.4 cm³/mol. The molecule has 0 atom stereocenters. The van der Waals surface area contributed by atoms with E-state index in [0.29, 0.717) is 12.1 Å². The van der Waals surface area contributed by atoms with Gasteiger partial charge in [0.25, 0.3) is 0 Å². The van der Waals surface area contributed by atoms with Gasteiger partial charge in [-0.3, -0.25) is 0 Å². The molecule has 2 aromatic rings. The van der Waals surface area contributed by atoms with E-state index in [1.807, 2.05) is 30.1 Å². The van der Waals surface area contributed by atoms with Gasteiger partial charge in [0.05, 0.1) is 17.2 Å². The average Bonchev–Trinajstić information content (AvgIpc) is 2.49. The molecular weight excluding hydrogens is 253 g/mol. The normalized spacial score (nSPS) is 9.60. The molecule has 0 aliphatic rings. The van der Waals surface area contributed by atoms with Crippen molar-refractivity contribution < 1.29 is 4.39 Å². The van der Waals surface area contributed by atoms with Crippen LogP contribution in [0.1, 0.15) is 16.7 Å². The SMILES string of the molecule is CN(Cc1ccc(F)c(C#N)c1)c1cccc(C#N)c1. The molecule has 0 aromatic heterocycles. The van der Waals surface area contributed by atoms with Gasteiger partial charge in [-0.2, -0.15) is 10.5 Å². The minimum atomic E-state index is -0.509. The second kappa shape index (κ2) is 5.86. The third kappa shape index (κ3) is 2.93. The molecule has 0 spiro atoms. The van der Waals surface area contributed by atoms with E-state index >= 15 is 0 Å². The number of hydrogen-bond donors (Lipinski definition) is 0. The zero-order chi connectivity index (χ0) is 14.5. The summed E-state index contributed by atoms with van der Waals surface area (Å²) in [6.07, 6.45) is 0. The Balaban J connectivity index is 2.21. The lowest BCUT2D eigenvalue weighted by Crippen LogP contribution is -2.16. The van der Waals surface area contributed by atoms with Crippen molar-refractivity contribution in [2.45, 2.75) is 6.54 Å². The summed E-state index contributed by atoms with van der Waals surface area (Å²) in [7, 11) is 1.88. The minimum Gasteiger partial charge on any atom is -0.370 e. The van der Waals surface area contributed by atoms with Gasteiger partial charge in [-0.1, -0.05) is 12.1 Å². The van der Waals surface area contributed by atoms with E-state index in [-0.39, 0.29) is 5.56 Å². The van der Waals surface area contributed by atoms with Gasteiger partial charge in [0.15, 0.2) is 0 Å². The summed E-state index contributed by atoms with van der Waals surface area (Å²) in [5.74, 6) is -0.509. The van der Waals surface area contributed by atoms with Crippen LogP contribution in [-0.2, 0) is 6.54 Å². The van der Waals surface area contributed by atoms with E-state index in [1.165, 1.54) is 6.07 Å². The van der Waals surface area contributed by atoms with E-state index < -0.39 is 5.82 Å². The molecule has 4 heteroatoms. The summed E-state index contributed by atoms with van der Waals surface area (Å²) in [5, 5.41) is 17.7. The molecule has 20 heavy (non-hydrogen) atoms. The molecule has 0 unspecified atom stereocenters. The summed E-state index contributed by atoms with van der Waals surface area (Å²) in [6, 6.07) is 15.7. The van der Waals surface area contributed by atoms with Crippen LogP contribution in [0.2, 0.25) is 0 Å². The van der Waals surface area contributed by atoms with Crippen molar-refractivity contribution >= 4 is 5.69 Å². The lowest BCUT2D eigenvalue weighted by molar-refractivity contribution is 0.623. The summed E-state index contributed by atoms with van der Waals surface area (Å²) in [5.41, 5.74) is 2.37. The van der Waals surface area contributed by atoms with Crippen molar-refractivity contribution in [3.63, 3.8) is 0 Å². The zero-order valence-corrected chi connectivity index (χ0v) is 11.0. The van der Waals surface area contributed by atoms with E-state index in [9.17, 15) is 4.39 Å². The summed E-state index contributed by atoms with van der Waals surface area (Å²) in [4.78, 5) is 1.94. The van der Waals surface area contributed by atoms with Gasteiger partial charge in [-0.25, -0.2) is 4.39 Å². The van der Waals surface area contributed by atoms with Crippen molar-refractivity contribution in [3.8, 4) is 12.1 Å². The van der Waals surface area contributed by atoms with Crippen LogP contribution in [0.3, 0.4) is 0 Å². The molecule has 98 valence electrons. The molecule has 0 radical (unpaired) electrons. The molecule has 0 aliphatic carbocycles. The highest BCUT2D eigenvalue weighted by atomic mass is 19.1. The molecular formula is C16H12FN3. The standard InChI is InChI=1S/C16H12FN3/c1-20(15-4-2-3-12(8-15)9-18)11-13-5-6-16(17)14(7-13)10-19/h2-8H,11H2,1H3. The second-order valence-electron chi connectivity index (χ2n) is 4.44. The zero-order valence-electron chi connectivity index (χ0n) is 11.0. The number of rotatable bonds is 3. The summed E-state index contributed by atoms with van der Waals surface area (Å²) in [6.45, 7) is 0.532. The van der Waals surface area contributed by atoms with Gasteiger partial charge in [0, 0.05) is 19.3 Å². The van der Waals surface area contributed by atoms with Crippen molar-refractivity contribution in [1.82, 2.24) is 0 Å². The first-order valence-corrected chi connectivity index (χ1v) is 6.04. The molecule has 0 heterocycles. The molecule has 2 aromatic carbocycles. The first-order valence-electron chi connectivity index (χ1n) is 6.04. The number of nitrogens with zero attached hydrogens (tertiary/aromatic N) is 3. The molecule has 0 saturated heterocycles. The summed E-state index contributed by atoms with van der Waals surface area (Å²) < 4.78 is 13.3. The van der Waals surface area contributed by atoms with Crippen LogP contribution in [-0.4, -0.2) is 7.05 Å². The molecule has 0 bridgehead atoms. The number of hydrogen-bond acceptors (Lipinski definition) is 3. The van der Waals surface area contributed by atoms with E-state index in [0.717, 1.165) is 11.3 Å². The Bertz CT molecular complexity index is 710. The Morgan fingerprint density at radius 1 is 1.10 bits per heavy atom. The van der Waals surface area contributed by atoms with Gasteiger partial charge in [0.1, 0.15) is 11.9 Å². The molecule has 0 fully saturated rings. The topological polar surface area (TPSA) is 50.8 Å². The van der Waals surface area contributed by atoms with Crippen LogP contribution in [0.5, 0.6) is 0 Å². The van der Waals surface area contributed by atoms with Crippen LogP contribution in [0.4, 0.5) is 10.1 Å². The fraction of sp³-hybridized carbons (Fsp3) is 0.125. The number of halogens is 1. The smallest absolute Gasteiger partial charge is 0.140 e. The van der Waals surface area contributed by atoms with Crippen LogP contribution in [0.15, 0.2) is 42.5 Å². The summed E-state index contributed by atoms with van der Waals surface area (Å²) >= 11 is 0. The van der Waals surface area contributed by atoms with Gasteiger partial charge in [-0.15, -0.1) is 0 Å². The maximum absolute atomic E-state index is 13.3. The second-order valence-corrected chi connectivity index (χ2v) is 4.44. The third-order valence-corrected chi connectivity index (χ3v) is 2.99. The van der Waals surface area contributed by atoms with Crippen molar-refractivity contribution in [2.24, 2.45) is 0 Å². The monoisotopic (exact) mass is 265 g/mol. The molecule has 0 aliphatic heterocycles. The Morgan fingerprint density at radius 3 is 2.60 bits per heavy atom. The van der Waals surface area contributed by atoms with E-state index in [4.69, 9.17) is 10.5 Å². The predicted octanol–water partition coefficient (Wildman–Crippen LogP) is 3.21. The molecule has 2 rings (SSSR count). The highest BCUT2D eigenvalue weighted by Crippen LogP contribution is 2.18. The van der Waals surface area contributed by atoms with Crippen LogP contribution in [0, 0.1) is 28.5 Å². The largest absolute Gasteiger partial charge is 0.370 e. The number of nitriles is 2. The molecule has 0 amide bonds. The Labute approximate surface area is 117 Å². The van der Waals surface area contributed by atoms with Crippen molar-refractivity contribution in [3.05, 3.63) is 65.0 Å². The fourth-order valence-corrected chi connectivity index (χ4v) is 1.93. The number of anilines is 1. The third-order valence-electron chi connectivity index (χ3n) is 2.99. The maximum atomic E-state index is 13.3. The lowest BCUT2D eigenvalue weighted by Gasteiger charge is -2.19. The fourth-order valence-electron chi connectivity index (χ4n) is 1.93. The first-order chi connectivity index (χ1) is 9.63. The van der Waals surface area contributed by atoms with Gasteiger partial charge in [-0.05, 0) is 35.9 Å². The van der Waals surface area contributed by atoms with Gasteiger partial charge < -0.3 is 4.90 Å². The average molecular weight is 265 g/mol. The van der Waals surface area contributed by atoms with E-state index in [1.54, 1.807) is 24.3 Å². The van der Waals surface area contributed by atoms with Crippen molar-refractivity contribution in [1.29, 1.82) is 10.5 Å². The quantitative estimate of drug-likeness (QED) is 0.856. The lowest BCUT2D eigenvalue weighted by atomic mass is 10.1. The Morgan fingerprint density at radius 2 is 1.90 bits per heavy atom. The Kier molecular flexibility index (Phi) is 3.98. The molecule has 0 saturated carbocycles. The maximum Gasteiger partial charge on any atom is 0.140 e. The van der Waals surface area contributed by atoms with Crippen LogP contribution >= 0.6 is 0 Å². The highest BCUT2D eigenvalue weighted by Gasteiger charge is 2.06. The minimum absolute atomic E-state index is 0.0432. The van der Waals surface area contributed by atoms with Gasteiger partial charge >= 0.3 is 0 Å². The molecule has 3 nitrogen and oxygen atoms in total. The molecule has 0 N–H and O–H groups in total. The highest BCUT2D eigenvalue weighted by molar-refractivity contribution is 5.51. The Hall–Kier alpha value is -2.85. The van der Waals surface area contributed by atoms with Crippen LogP contribution in [0.25, 0.3) is 0 Å².